The van der Waals surface area contributed by atoms with Gasteiger partial charge in [-0.05, 0) is 55.3 Å². The second-order valence-corrected chi connectivity index (χ2v) is 9.05. The summed E-state index contributed by atoms with van der Waals surface area (Å²) in [6.45, 7) is 1.91. The number of piperidine rings is 1. The van der Waals surface area contributed by atoms with Crippen molar-refractivity contribution >= 4 is 22.6 Å². The lowest BCUT2D eigenvalue weighted by molar-refractivity contribution is 0.106. The SMILES string of the molecule is O=C1Nc2cc3[nH]nc(-c4ccnnc4)c3cc2CN1[C@@H]1CCCN(Cc2c(F)cccc2F)C1. The zero-order chi connectivity index (χ0) is 23.9. The van der Waals surface area contributed by atoms with E-state index in [0.717, 1.165) is 52.8 Å². The molecular formula is C25H23F2N7O. The number of rotatable bonds is 4. The minimum Gasteiger partial charge on any atom is -0.316 e. The highest BCUT2D eigenvalue weighted by molar-refractivity contribution is 6.00. The molecule has 1 fully saturated rings. The van der Waals surface area contributed by atoms with Crippen LogP contribution in [0.2, 0.25) is 0 Å². The number of aromatic nitrogens is 4. The number of fused-ring (bicyclic) bond motifs is 2. The van der Waals surface area contributed by atoms with Gasteiger partial charge in [-0.25, -0.2) is 13.6 Å². The molecular weight excluding hydrogens is 452 g/mol. The van der Waals surface area contributed by atoms with E-state index in [4.69, 9.17) is 0 Å². The molecule has 178 valence electrons. The van der Waals surface area contributed by atoms with Crippen LogP contribution in [0.25, 0.3) is 22.2 Å². The van der Waals surface area contributed by atoms with Crippen molar-refractivity contribution in [2.75, 3.05) is 18.4 Å². The van der Waals surface area contributed by atoms with Crippen molar-refractivity contribution in [1.82, 2.24) is 30.2 Å². The maximum atomic E-state index is 14.2. The summed E-state index contributed by atoms with van der Waals surface area (Å²) in [5.74, 6) is -1.08. The maximum absolute atomic E-state index is 14.2. The number of nitrogens with one attached hydrogen (secondary N) is 2. The molecule has 6 rings (SSSR count). The lowest BCUT2D eigenvalue weighted by atomic mass is 9.99. The van der Waals surface area contributed by atoms with E-state index in [9.17, 15) is 13.6 Å². The van der Waals surface area contributed by atoms with Gasteiger partial charge in [0, 0.05) is 47.9 Å². The number of amides is 2. The third-order valence-electron chi connectivity index (χ3n) is 6.85. The van der Waals surface area contributed by atoms with Crippen LogP contribution < -0.4 is 5.32 Å². The molecule has 2 amide bonds. The van der Waals surface area contributed by atoms with Gasteiger partial charge in [-0.3, -0.25) is 10.00 Å². The van der Waals surface area contributed by atoms with Crippen molar-refractivity contribution in [2.45, 2.75) is 32.0 Å². The first kappa shape index (κ1) is 21.6. The van der Waals surface area contributed by atoms with Gasteiger partial charge >= 0.3 is 6.03 Å². The predicted molar refractivity (Wildman–Crippen MR) is 126 cm³/mol. The molecule has 0 aliphatic carbocycles. The number of aromatic amines is 1. The lowest BCUT2D eigenvalue weighted by Gasteiger charge is -2.41. The molecule has 4 aromatic rings. The first-order valence-corrected chi connectivity index (χ1v) is 11.6. The van der Waals surface area contributed by atoms with Crippen LogP contribution in [0.15, 0.2) is 48.8 Å². The van der Waals surface area contributed by atoms with Gasteiger partial charge in [0.05, 0.1) is 17.9 Å². The first-order chi connectivity index (χ1) is 17.1. The Kier molecular flexibility index (Phi) is 5.37. The third-order valence-corrected chi connectivity index (χ3v) is 6.85. The number of urea groups is 1. The van der Waals surface area contributed by atoms with Gasteiger partial charge in [0.25, 0.3) is 0 Å². The number of carbonyl (C=O) groups is 1. The van der Waals surface area contributed by atoms with Gasteiger partial charge in [-0.15, -0.1) is 0 Å². The summed E-state index contributed by atoms with van der Waals surface area (Å²) in [5, 5.41) is 19.2. The van der Waals surface area contributed by atoms with E-state index in [1.165, 1.54) is 18.2 Å². The van der Waals surface area contributed by atoms with Crippen molar-refractivity contribution in [3.05, 3.63) is 71.6 Å². The van der Waals surface area contributed by atoms with Gasteiger partial charge in [0.15, 0.2) is 0 Å². The fourth-order valence-electron chi connectivity index (χ4n) is 5.08. The first-order valence-electron chi connectivity index (χ1n) is 11.6. The fraction of sp³-hybridized carbons (Fsp3) is 0.280. The van der Waals surface area contributed by atoms with E-state index >= 15 is 0 Å². The second-order valence-electron chi connectivity index (χ2n) is 9.05. The minimum absolute atomic E-state index is 0.0596. The molecule has 0 unspecified atom stereocenters. The molecule has 1 saturated heterocycles. The van der Waals surface area contributed by atoms with Crippen LogP contribution in [-0.4, -0.2) is 55.4 Å². The van der Waals surface area contributed by atoms with Crippen LogP contribution in [0.4, 0.5) is 19.3 Å². The quantitative estimate of drug-likeness (QED) is 0.459. The second kappa shape index (κ2) is 8.70. The normalized spacial score (nSPS) is 18.5. The Balaban J connectivity index is 1.25. The zero-order valence-electron chi connectivity index (χ0n) is 18.8. The highest BCUT2D eigenvalue weighted by atomic mass is 19.1. The number of anilines is 1. The summed E-state index contributed by atoms with van der Waals surface area (Å²) in [5.41, 5.74) is 4.26. The molecule has 0 radical (unpaired) electrons. The Hall–Kier alpha value is -3.92. The topological polar surface area (TPSA) is 90.0 Å². The number of H-pyrrole nitrogens is 1. The van der Waals surface area contributed by atoms with E-state index in [1.807, 2.05) is 28.0 Å². The standard InChI is InChI=1S/C25H23F2N7O/c26-20-4-1-5-21(27)19(20)14-33-8-2-3-17(13-33)34-12-16-9-18-23(10-22(16)30-25(34)35)31-32-24(18)15-6-7-28-29-11-15/h1,4-7,9-11,17H,2-3,8,12-14H2,(H,30,35)(H,31,32)/t17-/m1/s1. The third kappa shape index (κ3) is 3.99. The molecule has 0 spiro atoms. The van der Waals surface area contributed by atoms with Gasteiger partial charge < -0.3 is 10.2 Å². The van der Waals surface area contributed by atoms with Crippen LogP contribution in [0, 0.1) is 11.6 Å². The molecule has 1 atom stereocenters. The average molecular weight is 476 g/mol. The highest BCUT2D eigenvalue weighted by Crippen LogP contribution is 2.34. The summed E-state index contributed by atoms with van der Waals surface area (Å²) in [4.78, 5) is 16.9. The Bertz CT molecular complexity index is 1390. The number of hydrogen-bond donors (Lipinski definition) is 2. The molecule has 2 N–H and O–H groups in total. The van der Waals surface area contributed by atoms with Crippen molar-refractivity contribution < 1.29 is 13.6 Å². The Morgan fingerprint density at radius 2 is 1.97 bits per heavy atom. The number of benzene rings is 2. The van der Waals surface area contributed by atoms with E-state index in [-0.39, 0.29) is 24.2 Å². The molecule has 8 nitrogen and oxygen atoms in total. The smallest absolute Gasteiger partial charge is 0.316 e. The largest absolute Gasteiger partial charge is 0.322 e. The number of hydrogen-bond acceptors (Lipinski definition) is 5. The van der Waals surface area contributed by atoms with Gasteiger partial charge in [0.2, 0.25) is 0 Å². The Morgan fingerprint density at radius 3 is 2.77 bits per heavy atom. The summed E-state index contributed by atoms with van der Waals surface area (Å²) in [6.07, 6.45) is 4.97. The Labute approximate surface area is 200 Å². The average Bonchev–Trinajstić information content (AvgIpc) is 3.28. The Morgan fingerprint density at radius 1 is 1.11 bits per heavy atom. The zero-order valence-corrected chi connectivity index (χ0v) is 18.8. The molecule has 2 aliphatic rings. The lowest BCUT2D eigenvalue weighted by Crippen LogP contribution is -2.52. The van der Waals surface area contributed by atoms with E-state index in [2.05, 4.69) is 25.7 Å². The van der Waals surface area contributed by atoms with Crippen LogP contribution in [-0.2, 0) is 13.1 Å². The van der Waals surface area contributed by atoms with E-state index in [1.54, 1.807) is 12.4 Å². The van der Waals surface area contributed by atoms with Gasteiger partial charge in [0.1, 0.15) is 17.3 Å². The van der Waals surface area contributed by atoms with Crippen LogP contribution in [0.3, 0.4) is 0 Å². The van der Waals surface area contributed by atoms with Crippen molar-refractivity contribution in [3.8, 4) is 11.3 Å². The number of carbonyl (C=O) groups excluding carboxylic acids is 1. The van der Waals surface area contributed by atoms with Crippen LogP contribution >= 0.6 is 0 Å². The number of likely N-dealkylation sites (tertiary alicyclic amines) is 1. The van der Waals surface area contributed by atoms with Gasteiger partial charge in [-0.1, -0.05) is 6.07 Å². The molecule has 0 saturated carbocycles. The molecule has 35 heavy (non-hydrogen) atoms. The highest BCUT2D eigenvalue weighted by Gasteiger charge is 2.33. The molecule has 10 heteroatoms. The molecule has 0 bridgehead atoms. The molecule has 2 aromatic heterocycles. The van der Waals surface area contributed by atoms with Crippen molar-refractivity contribution in [1.29, 1.82) is 0 Å². The summed E-state index contributed by atoms with van der Waals surface area (Å²) < 4.78 is 28.4. The monoisotopic (exact) mass is 475 g/mol. The summed E-state index contributed by atoms with van der Waals surface area (Å²) in [6, 6.07) is 9.50. The van der Waals surface area contributed by atoms with E-state index in [0.29, 0.717) is 13.1 Å². The fourth-order valence-corrected chi connectivity index (χ4v) is 5.08. The maximum Gasteiger partial charge on any atom is 0.322 e. The molecule has 2 aliphatic heterocycles. The van der Waals surface area contributed by atoms with E-state index < -0.39 is 11.6 Å². The van der Waals surface area contributed by atoms with Crippen molar-refractivity contribution in [2.24, 2.45) is 0 Å². The number of halogens is 2. The summed E-state index contributed by atoms with van der Waals surface area (Å²) in [7, 11) is 0. The summed E-state index contributed by atoms with van der Waals surface area (Å²) >= 11 is 0. The van der Waals surface area contributed by atoms with Crippen LogP contribution in [0.1, 0.15) is 24.0 Å². The predicted octanol–water partition coefficient (Wildman–Crippen LogP) is 4.31. The minimum atomic E-state index is -0.541. The molecule has 2 aromatic carbocycles. The van der Waals surface area contributed by atoms with Gasteiger partial charge in [-0.2, -0.15) is 15.3 Å². The number of nitrogens with zero attached hydrogens (tertiary/aromatic N) is 5. The van der Waals surface area contributed by atoms with Crippen LogP contribution in [0.5, 0.6) is 0 Å². The van der Waals surface area contributed by atoms with Crippen molar-refractivity contribution in [3.63, 3.8) is 0 Å². The molecule has 4 heterocycles.